The van der Waals surface area contributed by atoms with Gasteiger partial charge in [0.2, 0.25) is 11.8 Å². The number of nitrogens with zero attached hydrogens (tertiary/aromatic N) is 1. The van der Waals surface area contributed by atoms with Gasteiger partial charge in [0.25, 0.3) is 0 Å². The molecule has 1 saturated heterocycles. The predicted molar refractivity (Wildman–Crippen MR) is 99.0 cm³/mol. The van der Waals surface area contributed by atoms with Crippen molar-refractivity contribution >= 4 is 11.8 Å². The Hall–Kier alpha value is -2.22. The third kappa shape index (κ3) is 5.63. The molecule has 0 bridgehead atoms. The van der Waals surface area contributed by atoms with Gasteiger partial charge < -0.3 is 24.8 Å². The number of amides is 2. The van der Waals surface area contributed by atoms with Crippen LogP contribution in [-0.4, -0.2) is 73.0 Å². The summed E-state index contributed by atoms with van der Waals surface area (Å²) < 4.78 is 11.1. The summed E-state index contributed by atoms with van der Waals surface area (Å²) in [4.78, 5) is 26.4. The maximum atomic E-state index is 12.3. The first-order chi connectivity index (χ1) is 13.2. The fourth-order valence-electron chi connectivity index (χ4n) is 3.27. The first kappa shape index (κ1) is 19.5. The summed E-state index contributed by atoms with van der Waals surface area (Å²) in [6.07, 6.45) is 3.11. The second-order valence-corrected chi connectivity index (χ2v) is 6.73. The van der Waals surface area contributed by atoms with Crippen molar-refractivity contribution in [2.75, 3.05) is 32.9 Å². The molecule has 1 aromatic rings. The number of nitrogens with one attached hydrogen (secondary N) is 1. The maximum absolute atomic E-state index is 12.3. The highest BCUT2D eigenvalue weighted by atomic mass is 16.5. The molecule has 2 aliphatic heterocycles. The monoisotopic (exact) mass is 374 g/mol. The Morgan fingerprint density at radius 3 is 2.59 bits per heavy atom. The number of carbonyl (C=O) groups is 2. The van der Waals surface area contributed by atoms with Gasteiger partial charge in [0.15, 0.2) is 0 Å². The van der Waals surface area contributed by atoms with E-state index in [-0.39, 0.29) is 31.3 Å². The number of ether oxygens (including phenoxy) is 2. The van der Waals surface area contributed by atoms with Gasteiger partial charge in [-0.05, 0) is 5.56 Å². The number of aliphatic hydroxyl groups is 1. The molecule has 0 unspecified atom stereocenters. The lowest BCUT2D eigenvalue weighted by Gasteiger charge is -2.33. The number of aliphatic hydroxyl groups excluding tert-OH is 1. The smallest absolute Gasteiger partial charge is 0.225 e. The van der Waals surface area contributed by atoms with Crippen LogP contribution in [0, 0.1) is 0 Å². The van der Waals surface area contributed by atoms with E-state index in [0.29, 0.717) is 26.3 Å². The van der Waals surface area contributed by atoms with Crippen LogP contribution in [0.25, 0.3) is 0 Å². The summed E-state index contributed by atoms with van der Waals surface area (Å²) >= 11 is 0. The summed E-state index contributed by atoms with van der Waals surface area (Å²) in [6.45, 7) is 2.07. The Morgan fingerprint density at radius 1 is 1.15 bits per heavy atom. The Morgan fingerprint density at radius 2 is 1.89 bits per heavy atom. The van der Waals surface area contributed by atoms with E-state index in [0.717, 1.165) is 5.56 Å². The second kappa shape index (κ2) is 9.64. The van der Waals surface area contributed by atoms with Crippen molar-refractivity contribution in [3.05, 3.63) is 48.0 Å². The number of hydrogen-bond donors (Lipinski definition) is 2. The molecule has 2 amide bonds. The molecule has 1 fully saturated rings. The number of carbonyl (C=O) groups excluding carboxylic acids is 2. The lowest BCUT2D eigenvalue weighted by Crippen LogP contribution is -2.50. The van der Waals surface area contributed by atoms with Gasteiger partial charge >= 0.3 is 0 Å². The molecule has 0 spiro atoms. The van der Waals surface area contributed by atoms with Crippen molar-refractivity contribution in [2.45, 2.75) is 31.1 Å². The van der Waals surface area contributed by atoms with Crippen LogP contribution in [0.1, 0.15) is 12.0 Å². The van der Waals surface area contributed by atoms with Crippen LogP contribution in [-0.2, 0) is 25.5 Å². The van der Waals surface area contributed by atoms with E-state index in [2.05, 4.69) is 5.32 Å². The van der Waals surface area contributed by atoms with Crippen molar-refractivity contribution in [3.8, 4) is 0 Å². The number of benzene rings is 1. The molecule has 2 N–H and O–H groups in total. The Balaban J connectivity index is 1.52. The SMILES string of the molecule is O=C(Cc1ccccc1)N[C@@H]1C=C[C@@H](CC(=O)N2CCOCC2)O[C@H]1CO. The van der Waals surface area contributed by atoms with Gasteiger partial charge in [-0.25, -0.2) is 0 Å². The van der Waals surface area contributed by atoms with Gasteiger partial charge in [0.1, 0.15) is 6.10 Å². The Kier molecular flexibility index (Phi) is 6.98. The molecule has 146 valence electrons. The zero-order chi connectivity index (χ0) is 19.1. The molecule has 1 aromatic carbocycles. The summed E-state index contributed by atoms with van der Waals surface area (Å²) in [6, 6.07) is 9.05. The molecule has 7 nitrogen and oxygen atoms in total. The average Bonchev–Trinajstić information content (AvgIpc) is 2.70. The minimum Gasteiger partial charge on any atom is -0.394 e. The van der Waals surface area contributed by atoms with E-state index in [9.17, 15) is 14.7 Å². The van der Waals surface area contributed by atoms with E-state index in [1.807, 2.05) is 36.4 Å². The van der Waals surface area contributed by atoms with Crippen LogP contribution in [0.4, 0.5) is 0 Å². The highest BCUT2D eigenvalue weighted by Gasteiger charge is 2.30. The molecule has 27 heavy (non-hydrogen) atoms. The van der Waals surface area contributed by atoms with E-state index in [4.69, 9.17) is 9.47 Å². The number of hydrogen-bond acceptors (Lipinski definition) is 5. The average molecular weight is 374 g/mol. The van der Waals surface area contributed by atoms with Gasteiger partial charge in [-0.1, -0.05) is 42.5 Å². The van der Waals surface area contributed by atoms with Crippen LogP contribution in [0.5, 0.6) is 0 Å². The summed E-state index contributed by atoms with van der Waals surface area (Å²) in [7, 11) is 0. The lowest BCUT2D eigenvalue weighted by atomic mass is 10.0. The number of rotatable bonds is 6. The van der Waals surface area contributed by atoms with Crippen molar-refractivity contribution in [1.29, 1.82) is 0 Å². The fourth-order valence-corrected chi connectivity index (χ4v) is 3.27. The van der Waals surface area contributed by atoms with Crippen molar-refractivity contribution in [3.63, 3.8) is 0 Å². The fraction of sp³-hybridized carbons (Fsp3) is 0.500. The van der Waals surface area contributed by atoms with Crippen molar-refractivity contribution in [1.82, 2.24) is 10.2 Å². The normalized spacial score (nSPS) is 25.2. The highest BCUT2D eigenvalue weighted by Crippen LogP contribution is 2.17. The third-order valence-corrected chi connectivity index (χ3v) is 4.74. The first-order valence-corrected chi connectivity index (χ1v) is 9.29. The molecule has 2 aliphatic rings. The summed E-state index contributed by atoms with van der Waals surface area (Å²) in [5.41, 5.74) is 0.922. The third-order valence-electron chi connectivity index (χ3n) is 4.74. The zero-order valence-electron chi connectivity index (χ0n) is 15.3. The largest absolute Gasteiger partial charge is 0.394 e. The second-order valence-electron chi connectivity index (χ2n) is 6.73. The van der Waals surface area contributed by atoms with Crippen LogP contribution < -0.4 is 5.32 Å². The van der Waals surface area contributed by atoms with Crippen LogP contribution in [0.15, 0.2) is 42.5 Å². The predicted octanol–water partition coefficient (Wildman–Crippen LogP) is 0.279. The van der Waals surface area contributed by atoms with Crippen LogP contribution in [0.2, 0.25) is 0 Å². The quantitative estimate of drug-likeness (QED) is 0.699. The minimum atomic E-state index is -0.572. The lowest BCUT2D eigenvalue weighted by molar-refractivity contribution is -0.140. The number of morpholine rings is 1. The zero-order valence-corrected chi connectivity index (χ0v) is 15.3. The molecular formula is C20H26N2O5. The van der Waals surface area contributed by atoms with E-state index >= 15 is 0 Å². The highest BCUT2D eigenvalue weighted by molar-refractivity contribution is 5.79. The molecule has 3 atom stereocenters. The van der Waals surface area contributed by atoms with E-state index < -0.39 is 18.2 Å². The van der Waals surface area contributed by atoms with Crippen molar-refractivity contribution < 1.29 is 24.2 Å². The molecule has 3 rings (SSSR count). The standard InChI is InChI=1S/C20H26N2O5/c23-14-18-17(21-19(24)12-15-4-2-1-3-5-15)7-6-16(27-18)13-20(25)22-8-10-26-11-9-22/h1-7,16-18,23H,8-14H2,(H,21,24)/t16-,17+,18-/m0/s1. The van der Waals surface area contributed by atoms with Crippen molar-refractivity contribution in [2.24, 2.45) is 0 Å². The molecular weight excluding hydrogens is 348 g/mol. The van der Waals surface area contributed by atoms with Gasteiger partial charge in [-0.3, -0.25) is 9.59 Å². The molecule has 7 heteroatoms. The van der Waals surface area contributed by atoms with E-state index in [1.165, 1.54) is 0 Å². The van der Waals surface area contributed by atoms with Gasteiger partial charge in [-0.2, -0.15) is 0 Å². The summed E-state index contributed by atoms with van der Waals surface area (Å²) in [5, 5.41) is 12.5. The first-order valence-electron chi connectivity index (χ1n) is 9.29. The topological polar surface area (TPSA) is 88.1 Å². The van der Waals surface area contributed by atoms with Crippen LogP contribution >= 0.6 is 0 Å². The Labute approximate surface area is 158 Å². The Bertz CT molecular complexity index is 658. The van der Waals surface area contributed by atoms with Gasteiger partial charge in [0, 0.05) is 13.1 Å². The van der Waals surface area contributed by atoms with Gasteiger partial charge in [-0.15, -0.1) is 0 Å². The van der Waals surface area contributed by atoms with Crippen LogP contribution in [0.3, 0.4) is 0 Å². The molecule has 0 saturated carbocycles. The molecule has 0 aromatic heterocycles. The van der Waals surface area contributed by atoms with E-state index in [1.54, 1.807) is 11.0 Å². The summed E-state index contributed by atoms with van der Waals surface area (Å²) in [5.74, 6) is -0.128. The van der Waals surface area contributed by atoms with Gasteiger partial charge in [0.05, 0.1) is 44.8 Å². The minimum absolute atomic E-state index is 0.0104. The molecule has 2 heterocycles. The molecule has 0 radical (unpaired) electrons. The maximum Gasteiger partial charge on any atom is 0.225 e. The molecule has 0 aliphatic carbocycles.